The number of carbonyl (C=O) groups is 2. The molecule has 27 heavy (non-hydrogen) atoms. The Morgan fingerprint density at radius 2 is 1.85 bits per heavy atom. The number of amides is 1. The molecular formula is C20H18N2O5. The summed E-state index contributed by atoms with van der Waals surface area (Å²) in [6.45, 7) is 1.74. The fourth-order valence-corrected chi connectivity index (χ4v) is 2.67. The first kappa shape index (κ1) is 18.2. The zero-order valence-electron chi connectivity index (χ0n) is 15.1. The highest BCUT2D eigenvalue weighted by Gasteiger charge is 2.28. The largest absolute Gasteiger partial charge is 0.504 e. The minimum absolute atomic E-state index is 0.0232. The quantitative estimate of drug-likeness (QED) is 0.664. The molecule has 0 spiro atoms. The molecule has 0 bridgehead atoms. The minimum atomic E-state index is -0.448. The number of phenolic OH excluding ortho intramolecular Hbond substituents is 1. The number of phenols is 1. The second-order valence-corrected chi connectivity index (χ2v) is 5.83. The molecule has 2 aromatic carbocycles. The molecule has 0 aliphatic carbocycles. The highest BCUT2D eigenvalue weighted by molar-refractivity contribution is 6.32. The van der Waals surface area contributed by atoms with E-state index in [-0.39, 0.29) is 11.7 Å². The number of rotatable bonds is 4. The van der Waals surface area contributed by atoms with Crippen LogP contribution in [0, 0.1) is 0 Å². The number of ether oxygens (including phenoxy) is 2. The predicted molar refractivity (Wildman–Crippen MR) is 101 cm³/mol. The second kappa shape index (κ2) is 7.33. The van der Waals surface area contributed by atoms with Crippen LogP contribution >= 0.6 is 0 Å². The van der Waals surface area contributed by atoms with Crippen LogP contribution in [0.25, 0.3) is 6.08 Å². The monoisotopic (exact) mass is 366 g/mol. The van der Waals surface area contributed by atoms with E-state index in [0.717, 1.165) is 0 Å². The number of esters is 1. The summed E-state index contributed by atoms with van der Waals surface area (Å²) in [5, 5.41) is 15.3. The van der Waals surface area contributed by atoms with Crippen molar-refractivity contribution in [2.45, 2.75) is 6.92 Å². The molecule has 0 unspecified atom stereocenters. The Balaban J connectivity index is 1.89. The van der Waals surface area contributed by atoms with E-state index in [4.69, 9.17) is 4.74 Å². The van der Waals surface area contributed by atoms with Crippen molar-refractivity contribution in [3.8, 4) is 11.5 Å². The summed E-state index contributed by atoms with van der Waals surface area (Å²) in [5.41, 5.74) is 2.62. The average molecular weight is 366 g/mol. The number of methoxy groups -OCH3 is 2. The number of hydrogen-bond acceptors (Lipinski definition) is 6. The summed E-state index contributed by atoms with van der Waals surface area (Å²) >= 11 is 0. The molecule has 1 N–H and O–H groups in total. The summed E-state index contributed by atoms with van der Waals surface area (Å²) in [5.74, 6) is -0.393. The van der Waals surface area contributed by atoms with Gasteiger partial charge in [0.1, 0.15) is 0 Å². The van der Waals surface area contributed by atoms with Crippen LogP contribution < -0.4 is 9.75 Å². The van der Waals surface area contributed by atoms with Gasteiger partial charge in [-0.25, -0.2) is 4.79 Å². The molecule has 7 heteroatoms. The third kappa shape index (κ3) is 3.52. The molecule has 1 amide bonds. The van der Waals surface area contributed by atoms with E-state index >= 15 is 0 Å². The molecule has 0 radical (unpaired) electrons. The predicted octanol–water partition coefficient (Wildman–Crippen LogP) is 2.99. The minimum Gasteiger partial charge on any atom is -0.504 e. The van der Waals surface area contributed by atoms with Gasteiger partial charge in [-0.2, -0.15) is 10.1 Å². The topological polar surface area (TPSA) is 88.4 Å². The Hall–Kier alpha value is -3.61. The van der Waals surface area contributed by atoms with Crippen LogP contribution in [0.2, 0.25) is 0 Å². The van der Waals surface area contributed by atoms with Crippen molar-refractivity contribution in [2.24, 2.45) is 5.10 Å². The van der Waals surface area contributed by atoms with E-state index in [1.165, 1.54) is 25.3 Å². The van der Waals surface area contributed by atoms with Crippen LogP contribution in [0.3, 0.4) is 0 Å². The molecule has 1 heterocycles. The molecule has 0 fully saturated rings. The molecular weight excluding hydrogens is 348 g/mol. The Morgan fingerprint density at radius 3 is 2.48 bits per heavy atom. The van der Waals surface area contributed by atoms with E-state index in [9.17, 15) is 14.7 Å². The van der Waals surface area contributed by atoms with Crippen molar-refractivity contribution in [2.75, 3.05) is 19.2 Å². The lowest BCUT2D eigenvalue weighted by atomic mass is 10.1. The molecule has 138 valence electrons. The fourth-order valence-electron chi connectivity index (χ4n) is 2.67. The Morgan fingerprint density at radius 1 is 1.15 bits per heavy atom. The SMILES string of the molecule is COC(=O)c1ccc(N2N=C(C)/C(=C\c3ccc(O)c(OC)c3)C2=O)cc1. The number of aromatic hydroxyl groups is 1. The smallest absolute Gasteiger partial charge is 0.337 e. The third-order valence-electron chi connectivity index (χ3n) is 4.11. The number of hydrogen-bond donors (Lipinski definition) is 1. The molecule has 2 aromatic rings. The normalized spacial score (nSPS) is 15.1. The van der Waals surface area contributed by atoms with E-state index in [1.807, 2.05) is 0 Å². The van der Waals surface area contributed by atoms with Gasteiger partial charge in [0.15, 0.2) is 11.5 Å². The van der Waals surface area contributed by atoms with Gasteiger partial charge in [0, 0.05) is 0 Å². The van der Waals surface area contributed by atoms with Gasteiger partial charge in [0.05, 0.1) is 36.8 Å². The Kier molecular flexibility index (Phi) is 4.94. The average Bonchev–Trinajstić information content (AvgIpc) is 2.97. The van der Waals surface area contributed by atoms with Crippen LogP contribution in [0.1, 0.15) is 22.8 Å². The maximum atomic E-state index is 12.8. The van der Waals surface area contributed by atoms with Crippen molar-refractivity contribution in [1.82, 2.24) is 0 Å². The van der Waals surface area contributed by atoms with Crippen LogP contribution in [0.5, 0.6) is 11.5 Å². The van der Waals surface area contributed by atoms with Gasteiger partial charge in [-0.05, 0) is 55.0 Å². The summed E-state index contributed by atoms with van der Waals surface area (Å²) in [7, 11) is 2.77. The molecule has 0 saturated carbocycles. The number of hydrazone groups is 1. The van der Waals surface area contributed by atoms with Gasteiger partial charge in [-0.15, -0.1) is 0 Å². The molecule has 3 rings (SSSR count). The molecule has 0 saturated heterocycles. The van der Waals surface area contributed by atoms with Gasteiger partial charge in [0.25, 0.3) is 5.91 Å². The summed E-state index contributed by atoms with van der Waals surface area (Å²) in [4.78, 5) is 24.3. The highest BCUT2D eigenvalue weighted by atomic mass is 16.5. The van der Waals surface area contributed by atoms with Crippen molar-refractivity contribution < 1.29 is 24.2 Å². The van der Waals surface area contributed by atoms with Crippen molar-refractivity contribution >= 4 is 29.4 Å². The van der Waals surface area contributed by atoms with Gasteiger partial charge < -0.3 is 14.6 Å². The Bertz CT molecular complexity index is 961. The third-order valence-corrected chi connectivity index (χ3v) is 4.11. The van der Waals surface area contributed by atoms with Crippen LogP contribution in [-0.2, 0) is 9.53 Å². The molecule has 7 nitrogen and oxygen atoms in total. The standard InChI is InChI=1S/C20H18N2O5/c1-12-16(10-13-4-9-17(23)18(11-13)26-2)19(24)22(21-12)15-7-5-14(6-8-15)20(25)27-3/h4-11,23H,1-3H3/b16-10+. The lowest BCUT2D eigenvalue weighted by molar-refractivity contribution is -0.114. The Labute approximate surface area is 156 Å². The van der Waals surface area contributed by atoms with Gasteiger partial charge >= 0.3 is 5.97 Å². The summed E-state index contributed by atoms with van der Waals surface area (Å²) in [6.07, 6.45) is 1.69. The number of carbonyl (C=O) groups excluding carboxylic acids is 2. The molecule has 0 atom stereocenters. The lowest BCUT2D eigenvalue weighted by Crippen LogP contribution is -2.21. The van der Waals surface area contributed by atoms with Crippen LogP contribution in [-0.4, -0.2) is 36.9 Å². The van der Waals surface area contributed by atoms with Crippen molar-refractivity contribution in [3.05, 3.63) is 59.2 Å². The van der Waals surface area contributed by atoms with Crippen LogP contribution in [0.15, 0.2) is 53.1 Å². The second-order valence-electron chi connectivity index (χ2n) is 5.83. The van der Waals surface area contributed by atoms with E-state index in [1.54, 1.807) is 49.4 Å². The van der Waals surface area contributed by atoms with Gasteiger partial charge in [-0.3, -0.25) is 4.79 Å². The first-order valence-corrected chi connectivity index (χ1v) is 8.11. The van der Waals surface area contributed by atoms with Gasteiger partial charge in [-0.1, -0.05) is 6.07 Å². The molecule has 0 aromatic heterocycles. The zero-order chi connectivity index (χ0) is 19.6. The lowest BCUT2D eigenvalue weighted by Gasteiger charge is -2.12. The van der Waals surface area contributed by atoms with Gasteiger partial charge in [0.2, 0.25) is 0 Å². The number of nitrogens with zero attached hydrogens (tertiary/aromatic N) is 2. The maximum absolute atomic E-state index is 12.8. The van der Waals surface area contributed by atoms with Crippen LogP contribution in [0.4, 0.5) is 5.69 Å². The highest BCUT2D eigenvalue weighted by Crippen LogP contribution is 2.29. The number of anilines is 1. The zero-order valence-corrected chi connectivity index (χ0v) is 15.1. The van der Waals surface area contributed by atoms with Crippen molar-refractivity contribution in [3.63, 3.8) is 0 Å². The van der Waals surface area contributed by atoms with E-state index in [0.29, 0.717) is 33.8 Å². The summed E-state index contributed by atoms with van der Waals surface area (Å²) in [6, 6.07) is 11.2. The maximum Gasteiger partial charge on any atom is 0.337 e. The van der Waals surface area contributed by atoms with Crippen molar-refractivity contribution in [1.29, 1.82) is 0 Å². The molecule has 1 aliphatic rings. The fraction of sp³-hybridized carbons (Fsp3) is 0.150. The van der Waals surface area contributed by atoms with E-state index < -0.39 is 5.97 Å². The first-order chi connectivity index (χ1) is 12.9. The number of benzene rings is 2. The van der Waals surface area contributed by atoms with E-state index in [2.05, 4.69) is 9.84 Å². The first-order valence-electron chi connectivity index (χ1n) is 8.11. The summed E-state index contributed by atoms with van der Waals surface area (Å²) < 4.78 is 9.76. The molecule has 1 aliphatic heterocycles.